The van der Waals surface area contributed by atoms with E-state index in [-0.39, 0.29) is 11.8 Å². The molecule has 0 aromatic heterocycles. The van der Waals surface area contributed by atoms with E-state index in [9.17, 15) is 9.59 Å². The molecule has 23 heavy (non-hydrogen) atoms. The predicted octanol–water partition coefficient (Wildman–Crippen LogP) is 2.99. The highest BCUT2D eigenvalue weighted by atomic mass is 35.5. The first kappa shape index (κ1) is 15.4. The zero-order valence-corrected chi connectivity index (χ0v) is 13.2. The molecule has 1 unspecified atom stereocenters. The van der Waals surface area contributed by atoms with Crippen molar-refractivity contribution in [3.05, 3.63) is 58.6 Å². The number of fused-ring (bicyclic) bond motifs is 1. The number of ether oxygens (including phenoxy) is 1. The van der Waals surface area contributed by atoms with Gasteiger partial charge in [0.15, 0.2) is 6.10 Å². The lowest BCUT2D eigenvalue weighted by Crippen LogP contribution is -2.34. The van der Waals surface area contributed by atoms with E-state index >= 15 is 0 Å². The number of rotatable bonds is 3. The second kappa shape index (κ2) is 6.30. The predicted molar refractivity (Wildman–Crippen MR) is 87.8 cm³/mol. The van der Waals surface area contributed by atoms with Crippen LogP contribution < -0.4 is 15.4 Å². The Morgan fingerprint density at radius 3 is 2.87 bits per heavy atom. The van der Waals surface area contributed by atoms with Crippen LogP contribution >= 0.6 is 11.6 Å². The number of hydrogen-bond acceptors (Lipinski definition) is 3. The Balaban J connectivity index is 1.72. The van der Waals surface area contributed by atoms with Gasteiger partial charge in [-0.05, 0) is 36.8 Å². The molecule has 2 aromatic carbocycles. The first-order chi connectivity index (χ1) is 11.0. The summed E-state index contributed by atoms with van der Waals surface area (Å²) in [6, 6.07) is 12.3. The summed E-state index contributed by atoms with van der Waals surface area (Å²) in [6.07, 6.45) is -0.580. The third kappa shape index (κ3) is 3.29. The number of halogens is 1. The van der Waals surface area contributed by atoms with Crippen molar-refractivity contribution in [3.8, 4) is 5.75 Å². The molecule has 5 nitrogen and oxygen atoms in total. The average molecular weight is 331 g/mol. The number of carbonyl (C=O) groups excluding carboxylic acids is 2. The van der Waals surface area contributed by atoms with E-state index in [1.54, 1.807) is 31.2 Å². The van der Waals surface area contributed by atoms with Crippen LogP contribution in [0.2, 0.25) is 5.02 Å². The summed E-state index contributed by atoms with van der Waals surface area (Å²) in [5, 5.41) is 6.15. The van der Waals surface area contributed by atoms with Gasteiger partial charge in [0.1, 0.15) is 5.75 Å². The molecule has 1 aliphatic heterocycles. The van der Waals surface area contributed by atoms with Crippen molar-refractivity contribution in [1.82, 2.24) is 5.32 Å². The van der Waals surface area contributed by atoms with E-state index in [0.717, 1.165) is 5.56 Å². The molecule has 2 N–H and O–H groups in total. The maximum absolute atomic E-state index is 12.3. The van der Waals surface area contributed by atoms with Crippen LogP contribution in [0.1, 0.15) is 22.8 Å². The Labute approximate surface area is 138 Å². The average Bonchev–Trinajstić information content (AvgIpc) is 2.54. The highest BCUT2D eigenvalue weighted by Crippen LogP contribution is 2.30. The molecule has 1 aliphatic rings. The van der Waals surface area contributed by atoms with Gasteiger partial charge in [0.25, 0.3) is 11.8 Å². The topological polar surface area (TPSA) is 67.4 Å². The first-order valence-electron chi connectivity index (χ1n) is 7.18. The minimum atomic E-state index is -0.580. The smallest absolute Gasteiger partial charge is 0.265 e. The van der Waals surface area contributed by atoms with Crippen molar-refractivity contribution in [2.75, 3.05) is 5.32 Å². The number of benzene rings is 2. The van der Waals surface area contributed by atoms with Crippen LogP contribution in [0, 0.1) is 0 Å². The molecular formula is C17H15ClN2O3. The molecule has 6 heteroatoms. The molecule has 2 aromatic rings. The molecule has 2 amide bonds. The second-order valence-electron chi connectivity index (χ2n) is 5.23. The van der Waals surface area contributed by atoms with Gasteiger partial charge in [-0.25, -0.2) is 0 Å². The number of anilines is 1. The van der Waals surface area contributed by atoms with Crippen molar-refractivity contribution >= 4 is 29.1 Å². The summed E-state index contributed by atoms with van der Waals surface area (Å²) >= 11 is 6.07. The molecule has 1 heterocycles. The lowest BCUT2D eigenvalue weighted by atomic mass is 10.1. The third-order valence-corrected chi connectivity index (χ3v) is 3.94. The summed E-state index contributed by atoms with van der Waals surface area (Å²) in [4.78, 5) is 23.8. The molecule has 0 bridgehead atoms. The number of nitrogens with one attached hydrogen (secondary N) is 2. The van der Waals surface area contributed by atoms with Crippen molar-refractivity contribution in [1.29, 1.82) is 0 Å². The maximum atomic E-state index is 12.3. The van der Waals surface area contributed by atoms with E-state index in [2.05, 4.69) is 10.6 Å². The van der Waals surface area contributed by atoms with Crippen LogP contribution in [0.4, 0.5) is 5.69 Å². The minimum Gasteiger partial charge on any atom is -0.479 e. The van der Waals surface area contributed by atoms with Gasteiger partial charge >= 0.3 is 0 Å². The molecular weight excluding hydrogens is 316 g/mol. The summed E-state index contributed by atoms with van der Waals surface area (Å²) in [7, 11) is 0. The summed E-state index contributed by atoms with van der Waals surface area (Å²) in [5.74, 6) is 0.0526. The Morgan fingerprint density at radius 1 is 1.30 bits per heavy atom. The molecule has 0 saturated carbocycles. The van der Waals surface area contributed by atoms with Crippen LogP contribution in [-0.4, -0.2) is 17.9 Å². The van der Waals surface area contributed by atoms with Crippen molar-refractivity contribution in [2.45, 2.75) is 19.6 Å². The second-order valence-corrected chi connectivity index (χ2v) is 5.64. The van der Waals surface area contributed by atoms with Crippen molar-refractivity contribution in [2.24, 2.45) is 0 Å². The molecule has 1 atom stereocenters. The van der Waals surface area contributed by atoms with Crippen LogP contribution in [-0.2, 0) is 11.3 Å². The number of hydrogen-bond donors (Lipinski definition) is 2. The fourth-order valence-electron chi connectivity index (χ4n) is 2.26. The van der Waals surface area contributed by atoms with Gasteiger partial charge in [0, 0.05) is 17.1 Å². The monoisotopic (exact) mass is 330 g/mol. The molecule has 118 valence electrons. The quantitative estimate of drug-likeness (QED) is 0.909. The lowest BCUT2D eigenvalue weighted by molar-refractivity contribution is -0.122. The fourth-order valence-corrected chi connectivity index (χ4v) is 2.46. The third-order valence-electron chi connectivity index (χ3n) is 3.57. The highest BCUT2D eigenvalue weighted by Gasteiger charge is 2.24. The normalized spacial score (nSPS) is 16.1. The van der Waals surface area contributed by atoms with Crippen LogP contribution in [0.3, 0.4) is 0 Å². The molecule has 3 rings (SSSR count). The fraction of sp³-hybridized carbons (Fsp3) is 0.176. The van der Waals surface area contributed by atoms with Gasteiger partial charge in [-0.2, -0.15) is 0 Å². The standard InChI is InChI=1S/C17H15ClN2O3/c1-10-16(21)20-14-7-6-11(8-15(14)23-10)17(22)19-9-12-4-2-3-5-13(12)18/h2-8,10H,9H2,1H3,(H,19,22)(H,20,21). The summed E-state index contributed by atoms with van der Waals surface area (Å²) < 4.78 is 5.50. The lowest BCUT2D eigenvalue weighted by Gasteiger charge is -2.23. The van der Waals surface area contributed by atoms with Gasteiger partial charge in [-0.1, -0.05) is 29.8 Å². The number of carbonyl (C=O) groups is 2. The SMILES string of the molecule is CC1Oc2cc(C(=O)NCc3ccccc3Cl)ccc2NC1=O. The summed E-state index contributed by atoms with van der Waals surface area (Å²) in [6.45, 7) is 1.99. The molecule has 0 aliphatic carbocycles. The Morgan fingerprint density at radius 2 is 2.09 bits per heavy atom. The molecule has 0 radical (unpaired) electrons. The summed E-state index contributed by atoms with van der Waals surface area (Å²) in [5.41, 5.74) is 1.87. The van der Waals surface area contributed by atoms with E-state index in [1.165, 1.54) is 0 Å². The van der Waals surface area contributed by atoms with Crippen LogP contribution in [0.25, 0.3) is 0 Å². The van der Waals surface area contributed by atoms with Crippen LogP contribution in [0.5, 0.6) is 5.75 Å². The van der Waals surface area contributed by atoms with Crippen molar-refractivity contribution in [3.63, 3.8) is 0 Å². The highest BCUT2D eigenvalue weighted by molar-refractivity contribution is 6.31. The van der Waals surface area contributed by atoms with Gasteiger partial charge in [-0.3, -0.25) is 9.59 Å². The van der Waals surface area contributed by atoms with Gasteiger partial charge in [0.05, 0.1) is 5.69 Å². The Bertz CT molecular complexity index is 776. The Hall–Kier alpha value is -2.53. The van der Waals surface area contributed by atoms with Gasteiger partial charge in [0.2, 0.25) is 0 Å². The minimum absolute atomic E-state index is 0.201. The van der Waals surface area contributed by atoms with Gasteiger partial charge in [-0.15, -0.1) is 0 Å². The van der Waals surface area contributed by atoms with E-state index in [1.807, 2.05) is 18.2 Å². The number of amides is 2. The van der Waals surface area contributed by atoms with Gasteiger partial charge < -0.3 is 15.4 Å². The first-order valence-corrected chi connectivity index (χ1v) is 7.55. The zero-order valence-electron chi connectivity index (χ0n) is 12.4. The van der Waals surface area contributed by atoms with Crippen molar-refractivity contribution < 1.29 is 14.3 Å². The van der Waals surface area contributed by atoms with E-state index < -0.39 is 6.10 Å². The maximum Gasteiger partial charge on any atom is 0.265 e. The molecule has 0 spiro atoms. The largest absolute Gasteiger partial charge is 0.479 e. The Kier molecular flexibility index (Phi) is 4.21. The van der Waals surface area contributed by atoms with E-state index in [4.69, 9.17) is 16.3 Å². The molecule has 0 saturated heterocycles. The van der Waals surface area contributed by atoms with E-state index in [0.29, 0.717) is 28.6 Å². The molecule has 0 fully saturated rings. The van der Waals surface area contributed by atoms with Crippen LogP contribution in [0.15, 0.2) is 42.5 Å². The zero-order chi connectivity index (χ0) is 16.4.